The molecule has 0 aliphatic carbocycles. The highest BCUT2D eigenvalue weighted by atomic mass is 16.2. The van der Waals surface area contributed by atoms with E-state index in [1.165, 1.54) is 0 Å². The Hall–Kier alpha value is -1.85. The van der Waals surface area contributed by atoms with Gasteiger partial charge in [0.1, 0.15) is 5.82 Å². The highest BCUT2D eigenvalue weighted by Gasteiger charge is 2.30. The Morgan fingerprint density at radius 2 is 2.13 bits per heavy atom. The first kappa shape index (κ1) is 17.5. The maximum absolute atomic E-state index is 12.6. The molecule has 1 atom stereocenters. The van der Waals surface area contributed by atoms with Crippen molar-refractivity contribution in [2.75, 3.05) is 18.4 Å². The second-order valence-corrected chi connectivity index (χ2v) is 6.32. The minimum atomic E-state index is -0.131. The van der Waals surface area contributed by atoms with Crippen molar-refractivity contribution >= 4 is 17.6 Å². The van der Waals surface area contributed by atoms with E-state index >= 15 is 0 Å². The molecular formula is C17H28N4O2. The quantitative estimate of drug-likeness (QED) is 0.839. The van der Waals surface area contributed by atoms with Gasteiger partial charge in [-0.1, -0.05) is 20.3 Å². The number of amides is 2. The minimum Gasteiger partial charge on any atom is -0.342 e. The van der Waals surface area contributed by atoms with Crippen LogP contribution in [-0.4, -0.2) is 39.6 Å². The van der Waals surface area contributed by atoms with Crippen molar-refractivity contribution < 1.29 is 9.59 Å². The van der Waals surface area contributed by atoms with Crippen molar-refractivity contribution in [1.29, 1.82) is 0 Å². The molecule has 1 aliphatic rings. The normalized spacial score (nSPS) is 18.3. The van der Waals surface area contributed by atoms with Crippen LogP contribution in [0.2, 0.25) is 0 Å². The second kappa shape index (κ2) is 8.13. The smallest absolute Gasteiger partial charge is 0.230 e. The van der Waals surface area contributed by atoms with Crippen LogP contribution < -0.4 is 5.32 Å². The molecule has 0 radical (unpaired) electrons. The third-order valence-corrected chi connectivity index (χ3v) is 4.35. The van der Waals surface area contributed by atoms with Crippen molar-refractivity contribution in [2.24, 2.45) is 5.92 Å². The Labute approximate surface area is 138 Å². The van der Waals surface area contributed by atoms with Gasteiger partial charge < -0.3 is 10.2 Å². The number of carbonyl (C=O) groups is 2. The molecule has 0 bridgehead atoms. The van der Waals surface area contributed by atoms with Crippen molar-refractivity contribution in [3.05, 3.63) is 11.8 Å². The topological polar surface area (TPSA) is 67.2 Å². The van der Waals surface area contributed by atoms with Gasteiger partial charge in [0.05, 0.1) is 12.1 Å². The van der Waals surface area contributed by atoms with E-state index in [1.807, 2.05) is 23.4 Å². The summed E-state index contributed by atoms with van der Waals surface area (Å²) in [5.41, 5.74) is 0.978. The van der Waals surface area contributed by atoms with Crippen molar-refractivity contribution in [3.63, 3.8) is 0 Å². The lowest BCUT2D eigenvalue weighted by atomic mass is 9.96. The fourth-order valence-electron chi connectivity index (χ4n) is 2.95. The summed E-state index contributed by atoms with van der Waals surface area (Å²) < 4.78 is 1.87. The lowest BCUT2D eigenvalue weighted by Crippen LogP contribution is -2.44. The molecule has 0 aromatic carbocycles. The van der Waals surface area contributed by atoms with Crippen LogP contribution in [0, 0.1) is 12.8 Å². The first-order valence-corrected chi connectivity index (χ1v) is 8.67. The van der Waals surface area contributed by atoms with Gasteiger partial charge in [0.2, 0.25) is 11.8 Å². The standard InChI is InChI=1S/C17H28N4O2/c1-4-6-10-21-16(13(3)11-18-21)19-17(23)14-7-8-15(22)20(12-14)9-5-2/h11,14H,4-10,12H2,1-3H3,(H,19,23)/t14-/m0/s1. The Balaban J connectivity index is 2.01. The lowest BCUT2D eigenvalue weighted by Gasteiger charge is -2.31. The van der Waals surface area contributed by atoms with E-state index in [9.17, 15) is 9.59 Å². The summed E-state index contributed by atoms with van der Waals surface area (Å²) in [5.74, 6) is 0.829. The van der Waals surface area contributed by atoms with E-state index in [1.54, 1.807) is 6.20 Å². The summed E-state index contributed by atoms with van der Waals surface area (Å²) in [5, 5.41) is 7.38. The van der Waals surface area contributed by atoms with Crippen molar-refractivity contribution in [3.8, 4) is 0 Å². The number of aryl methyl sites for hydroxylation is 2. The summed E-state index contributed by atoms with van der Waals surface area (Å²) in [7, 11) is 0. The number of piperidine rings is 1. The number of rotatable bonds is 7. The van der Waals surface area contributed by atoms with Crippen LogP contribution in [0.3, 0.4) is 0 Å². The highest BCUT2D eigenvalue weighted by molar-refractivity contribution is 5.93. The zero-order valence-electron chi connectivity index (χ0n) is 14.5. The first-order valence-electron chi connectivity index (χ1n) is 8.67. The molecule has 1 aliphatic heterocycles. The molecule has 2 rings (SSSR count). The Bertz CT molecular complexity index is 553. The number of carbonyl (C=O) groups excluding carboxylic acids is 2. The van der Waals surface area contributed by atoms with Crippen LogP contribution in [0.1, 0.15) is 51.5 Å². The van der Waals surface area contributed by atoms with Crippen molar-refractivity contribution in [1.82, 2.24) is 14.7 Å². The van der Waals surface area contributed by atoms with Crippen LogP contribution in [0.15, 0.2) is 6.20 Å². The number of aromatic nitrogens is 2. The van der Waals surface area contributed by atoms with Gasteiger partial charge in [-0.3, -0.25) is 9.59 Å². The molecule has 6 nitrogen and oxygen atoms in total. The number of anilines is 1. The number of likely N-dealkylation sites (tertiary alicyclic amines) is 1. The molecule has 0 spiro atoms. The lowest BCUT2D eigenvalue weighted by molar-refractivity contribution is -0.137. The fourth-order valence-corrected chi connectivity index (χ4v) is 2.95. The molecule has 6 heteroatoms. The molecule has 2 amide bonds. The minimum absolute atomic E-state index is 0.0000449. The van der Waals surface area contributed by atoms with Gasteiger partial charge in [-0.25, -0.2) is 4.68 Å². The van der Waals surface area contributed by atoms with Gasteiger partial charge in [-0.2, -0.15) is 5.10 Å². The third kappa shape index (κ3) is 4.33. The largest absolute Gasteiger partial charge is 0.342 e. The fraction of sp³-hybridized carbons (Fsp3) is 0.706. The molecular weight excluding hydrogens is 292 g/mol. The zero-order valence-corrected chi connectivity index (χ0v) is 14.5. The summed E-state index contributed by atoms with van der Waals surface area (Å²) in [6.45, 7) is 8.21. The molecule has 23 heavy (non-hydrogen) atoms. The van der Waals surface area contributed by atoms with Crippen LogP contribution in [0.4, 0.5) is 5.82 Å². The molecule has 2 heterocycles. The van der Waals surface area contributed by atoms with Crippen LogP contribution in [-0.2, 0) is 16.1 Å². The van der Waals surface area contributed by atoms with Gasteiger partial charge in [0, 0.05) is 31.6 Å². The molecule has 1 aromatic rings. The van der Waals surface area contributed by atoms with Crippen LogP contribution in [0.25, 0.3) is 0 Å². The monoisotopic (exact) mass is 320 g/mol. The Kier molecular flexibility index (Phi) is 6.19. The average Bonchev–Trinajstić information content (AvgIpc) is 2.88. The predicted octanol–water partition coefficient (Wildman–Crippen LogP) is 2.58. The molecule has 0 saturated carbocycles. The molecule has 1 aromatic heterocycles. The van der Waals surface area contributed by atoms with Crippen LogP contribution >= 0.6 is 0 Å². The van der Waals surface area contributed by atoms with E-state index in [4.69, 9.17) is 0 Å². The summed E-state index contributed by atoms with van der Waals surface area (Å²) in [6.07, 6.45) is 5.93. The van der Waals surface area contributed by atoms with Gasteiger partial charge in [-0.05, 0) is 26.2 Å². The SMILES string of the molecule is CCCCn1ncc(C)c1NC(=O)[C@H]1CCC(=O)N(CCC)C1. The Morgan fingerprint density at radius 3 is 2.83 bits per heavy atom. The first-order chi connectivity index (χ1) is 11.1. The zero-order chi connectivity index (χ0) is 16.8. The number of nitrogens with one attached hydrogen (secondary N) is 1. The van der Waals surface area contributed by atoms with Gasteiger partial charge in [-0.15, -0.1) is 0 Å². The number of hydrogen-bond donors (Lipinski definition) is 1. The maximum Gasteiger partial charge on any atom is 0.230 e. The van der Waals surface area contributed by atoms with E-state index in [0.29, 0.717) is 19.4 Å². The maximum atomic E-state index is 12.6. The number of unbranched alkanes of at least 4 members (excludes halogenated alkanes) is 1. The highest BCUT2D eigenvalue weighted by Crippen LogP contribution is 2.21. The van der Waals surface area contributed by atoms with E-state index in [-0.39, 0.29) is 17.7 Å². The average molecular weight is 320 g/mol. The summed E-state index contributed by atoms with van der Waals surface area (Å²) in [6, 6.07) is 0. The number of nitrogens with zero attached hydrogens (tertiary/aromatic N) is 3. The number of hydrogen-bond acceptors (Lipinski definition) is 3. The summed E-state index contributed by atoms with van der Waals surface area (Å²) >= 11 is 0. The molecule has 1 fully saturated rings. The summed E-state index contributed by atoms with van der Waals surface area (Å²) in [4.78, 5) is 26.3. The Morgan fingerprint density at radius 1 is 1.35 bits per heavy atom. The van der Waals surface area contributed by atoms with E-state index in [2.05, 4.69) is 17.3 Å². The van der Waals surface area contributed by atoms with Crippen LogP contribution in [0.5, 0.6) is 0 Å². The third-order valence-electron chi connectivity index (χ3n) is 4.35. The van der Waals surface area contributed by atoms with E-state index in [0.717, 1.165) is 43.7 Å². The second-order valence-electron chi connectivity index (χ2n) is 6.32. The van der Waals surface area contributed by atoms with Crippen molar-refractivity contribution in [2.45, 2.75) is 59.4 Å². The van der Waals surface area contributed by atoms with Gasteiger partial charge >= 0.3 is 0 Å². The molecule has 0 unspecified atom stereocenters. The van der Waals surface area contributed by atoms with E-state index < -0.39 is 0 Å². The predicted molar refractivity (Wildman–Crippen MR) is 90.1 cm³/mol. The van der Waals surface area contributed by atoms with Gasteiger partial charge in [0.25, 0.3) is 0 Å². The molecule has 1 N–H and O–H groups in total. The molecule has 1 saturated heterocycles. The van der Waals surface area contributed by atoms with Gasteiger partial charge in [0.15, 0.2) is 0 Å². The molecule has 128 valence electrons.